The van der Waals surface area contributed by atoms with Gasteiger partial charge in [-0.1, -0.05) is 0 Å². The summed E-state index contributed by atoms with van der Waals surface area (Å²) >= 11 is 1.55. The average molecular weight is 212 g/mol. The standard InChI is InChI=1S/C9H12N2O2S/c1-5-11-4-6(14-5)9(2-3-9)7(10)8(12)13/h4,7H,2-3,10H2,1H3,(H,12,13). The number of carboxylic acids is 1. The molecule has 0 radical (unpaired) electrons. The van der Waals surface area contributed by atoms with Gasteiger partial charge in [-0.25, -0.2) is 4.98 Å². The summed E-state index contributed by atoms with van der Waals surface area (Å²) in [6.07, 6.45) is 3.49. The number of carboxylic acid groups (broad SMARTS) is 1. The van der Waals surface area contributed by atoms with Crippen molar-refractivity contribution in [2.45, 2.75) is 31.2 Å². The van der Waals surface area contributed by atoms with E-state index in [1.54, 1.807) is 17.5 Å². The zero-order chi connectivity index (χ0) is 10.3. The maximum atomic E-state index is 10.8. The Morgan fingerprint density at radius 3 is 2.79 bits per heavy atom. The van der Waals surface area contributed by atoms with Crippen LogP contribution in [0.4, 0.5) is 0 Å². The van der Waals surface area contributed by atoms with Crippen molar-refractivity contribution in [2.24, 2.45) is 5.73 Å². The molecule has 76 valence electrons. The molecule has 1 unspecified atom stereocenters. The smallest absolute Gasteiger partial charge is 0.321 e. The normalized spacial score (nSPS) is 20.4. The van der Waals surface area contributed by atoms with Crippen molar-refractivity contribution in [3.8, 4) is 0 Å². The molecule has 0 bridgehead atoms. The fourth-order valence-electron chi connectivity index (χ4n) is 1.67. The quantitative estimate of drug-likeness (QED) is 0.780. The Balaban J connectivity index is 2.29. The van der Waals surface area contributed by atoms with E-state index in [2.05, 4.69) is 4.98 Å². The first-order valence-corrected chi connectivity index (χ1v) is 5.29. The highest BCUT2D eigenvalue weighted by atomic mass is 32.1. The topological polar surface area (TPSA) is 76.2 Å². The first-order valence-electron chi connectivity index (χ1n) is 4.47. The van der Waals surface area contributed by atoms with Crippen LogP contribution in [0.2, 0.25) is 0 Å². The van der Waals surface area contributed by atoms with E-state index < -0.39 is 12.0 Å². The molecule has 1 aliphatic rings. The average Bonchev–Trinajstić information content (AvgIpc) is 2.83. The van der Waals surface area contributed by atoms with Crippen LogP contribution in [0.25, 0.3) is 0 Å². The number of nitrogens with two attached hydrogens (primary N) is 1. The first kappa shape index (κ1) is 9.61. The number of hydrogen-bond acceptors (Lipinski definition) is 4. The third-order valence-corrected chi connectivity index (χ3v) is 3.89. The van der Waals surface area contributed by atoms with Crippen LogP contribution >= 0.6 is 11.3 Å². The molecule has 0 saturated heterocycles. The highest BCUT2D eigenvalue weighted by Crippen LogP contribution is 2.52. The van der Waals surface area contributed by atoms with Crippen LogP contribution in [0.1, 0.15) is 22.7 Å². The molecule has 1 saturated carbocycles. The van der Waals surface area contributed by atoms with Crippen molar-refractivity contribution in [1.82, 2.24) is 4.98 Å². The summed E-state index contributed by atoms with van der Waals surface area (Å²) in [6.45, 7) is 1.91. The van der Waals surface area contributed by atoms with E-state index >= 15 is 0 Å². The van der Waals surface area contributed by atoms with Crippen LogP contribution in [0.15, 0.2) is 6.20 Å². The van der Waals surface area contributed by atoms with Crippen LogP contribution in [0.3, 0.4) is 0 Å². The van der Waals surface area contributed by atoms with Crippen LogP contribution in [-0.2, 0) is 10.2 Å². The molecule has 1 atom stereocenters. The molecular weight excluding hydrogens is 200 g/mol. The van der Waals surface area contributed by atoms with E-state index in [0.717, 1.165) is 22.7 Å². The van der Waals surface area contributed by atoms with Gasteiger partial charge in [-0.15, -0.1) is 11.3 Å². The number of aliphatic carboxylic acids is 1. The second-order valence-electron chi connectivity index (χ2n) is 3.72. The molecule has 4 nitrogen and oxygen atoms in total. The number of thiazole rings is 1. The summed E-state index contributed by atoms with van der Waals surface area (Å²) in [7, 11) is 0. The minimum absolute atomic E-state index is 0.322. The molecule has 14 heavy (non-hydrogen) atoms. The molecule has 0 amide bonds. The van der Waals surface area contributed by atoms with E-state index in [0.29, 0.717) is 0 Å². The summed E-state index contributed by atoms with van der Waals surface area (Å²) in [5.74, 6) is -0.923. The summed E-state index contributed by atoms with van der Waals surface area (Å²) < 4.78 is 0. The maximum Gasteiger partial charge on any atom is 0.321 e. The van der Waals surface area contributed by atoms with Gasteiger partial charge in [0.2, 0.25) is 0 Å². The van der Waals surface area contributed by atoms with Gasteiger partial charge in [-0.3, -0.25) is 4.79 Å². The maximum absolute atomic E-state index is 10.8. The minimum Gasteiger partial charge on any atom is -0.480 e. The molecule has 1 heterocycles. The van der Waals surface area contributed by atoms with Crippen molar-refractivity contribution >= 4 is 17.3 Å². The van der Waals surface area contributed by atoms with E-state index in [-0.39, 0.29) is 5.41 Å². The molecule has 0 spiro atoms. The van der Waals surface area contributed by atoms with Crippen LogP contribution < -0.4 is 5.73 Å². The largest absolute Gasteiger partial charge is 0.480 e. The lowest BCUT2D eigenvalue weighted by Crippen LogP contribution is -2.41. The highest BCUT2D eigenvalue weighted by molar-refractivity contribution is 7.11. The number of rotatable bonds is 3. The summed E-state index contributed by atoms with van der Waals surface area (Å²) in [6, 6.07) is -0.789. The Labute approximate surface area is 85.8 Å². The second-order valence-corrected chi connectivity index (χ2v) is 4.95. The molecule has 2 rings (SSSR count). The molecule has 1 aromatic rings. The zero-order valence-corrected chi connectivity index (χ0v) is 8.67. The number of nitrogens with zero attached hydrogens (tertiary/aromatic N) is 1. The third kappa shape index (κ3) is 1.33. The van der Waals surface area contributed by atoms with Crippen LogP contribution in [0.5, 0.6) is 0 Å². The number of aromatic nitrogens is 1. The van der Waals surface area contributed by atoms with Crippen molar-refractivity contribution in [2.75, 3.05) is 0 Å². The molecule has 5 heteroatoms. The van der Waals surface area contributed by atoms with Gasteiger partial charge >= 0.3 is 5.97 Å². The van der Waals surface area contributed by atoms with E-state index in [9.17, 15) is 4.79 Å². The first-order chi connectivity index (χ1) is 6.56. The monoisotopic (exact) mass is 212 g/mol. The van der Waals surface area contributed by atoms with E-state index in [1.165, 1.54) is 0 Å². The Kier molecular flexibility index (Phi) is 2.08. The highest BCUT2D eigenvalue weighted by Gasteiger charge is 2.53. The summed E-state index contributed by atoms with van der Waals surface area (Å²) in [5, 5.41) is 9.85. The van der Waals surface area contributed by atoms with Crippen molar-refractivity contribution in [3.05, 3.63) is 16.1 Å². The SMILES string of the molecule is Cc1ncc(C2(C(N)C(=O)O)CC2)s1. The lowest BCUT2D eigenvalue weighted by atomic mass is 9.96. The van der Waals surface area contributed by atoms with Gasteiger partial charge in [0.15, 0.2) is 0 Å². The molecular formula is C9H12N2O2S. The fourth-order valence-corrected chi connectivity index (χ4v) is 2.74. The Morgan fingerprint density at radius 1 is 1.79 bits per heavy atom. The molecule has 0 aliphatic heterocycles. The lowest BCUT2D eigenvalue weighted by molar-refractivity contribution is -0.139. The van der Waals surface area contributed by atoms with Crippen LogP contribution in [0, 0.1) is 6.92 Å². The predicted octanol–water partition coefficient (Wildman–Crippen LogP) is 0.895. The predicted molar refractivity (Wildman–Crippen MR) is 53.4 cm³/mol. The summed E-state index contributed by atoms with van der Waals surface area (Å²) in [5.41, 5.74) is 5.36. The van der Waals surface area contributed by atoms with Gasteiger partial charge in [-0.05, 0) is 19.8 Å². The second kappa shape index (κ2) is 3.03. The van der Waals surface area contributed by atoms with Gasteiger partial charge < -0.3 is 10.8 Å². The summed E-state index contributed by atoms with van der Waals surface area (Å²) in [4.78, 5) is 16.0. The van der Waals surface area contributed by atoms with Crippen molar-refractivity contribution in [3.63, 3.8) is 0 Å². The van der Waals surface area contributed by atoms with E-state index in [4.69, 9.17) is 10.8 Å². The minimum atomic E-state index is -0.923. The molecule has 1 fully saturated rings. The van der Waals surface area contributed by atoms with Crippen molar-refractivity contribution < 1.29 is 9.90 Å². The third-order valence-electron chi connectivity index (χ3n) is 2.76. The van der Waals surface area contributed by atoms with Crippen molar-refractivity contribution in [1.29, 1.82) is 0 Å². The van der Waals surface area contributed by atoms with Gasteiger partial charge in [0.25, 0.3) is 0 Å². The Hall–Kier alpha value is -0.940. The molecule has 1 aliphatic carbocycles. The molecule has 1 aromatic heterocycles. The zero-order valence-electron chi connectivity index (χ0n) is 7.86. The van der Waals surface area contributed by atoms with Gasteiger partial charge in [0, 0.05) is 16.5 Å². The van der Waals surface area contributed by atoms with Crippen LogP contribution in [-0.4, -0.2) is 22.1 Å². The molecule has 3 N–H and O–H groups in total. The number of carbonyl (C=O) groups is 1. The van der Waals surface area contributed by atoms with Gasteiger partial charge in [-0.2, -0.15) is 0 Å². The Morgan fingerprint density at radius 2 is 2.43 bits per heavy atom. The Bertz CT molecular complexity index is 371. The van der Waals surface area contributed by atoms with Gasteiger partial charge in [0.1, 0.15) is 6.04 Å². The lowest BCUT2D eigenvalue weighted by Gasteiger charge is -2.17. The number of aryl methyl sites for hydroxylation is 1. The van der Waals surface area contributed by atoms with E-state index in [1.807, 2.05) is 6.92 Å². The number of hydrogen-bond donors (Lipinski definition) is 2. The molecule has 0 aromatic carbocycles. The fraction of sp³-hybridized carbons (Fsp3) is 0.556. The van der Waals surface area contributed by atoms with Gasteiger partial charge in [0.05, 0.1) is 5.01 Å².